The first-order valence-corrected chi connectivity index (χ1v) is 6.55. The highest BCUT2D eigenvalue weighted by atomic mass is 16.5. The molecule has 19 heavy (non-hydrogen) atoms. The number of allylic oxidation sites excluding steroid dienone is 1. The van der Waals surface area contributed by atoms with Gasteiger partial charge in [-0.3, -0.25) is 0 Å². The molecule has 1 rings (SSSR count). The molecule has 0 aliphatic heterocycles. The Labute approximate surface area is 116 Å². The van der Waals surface area contributed by atoms with E-state index in [-0.39, 0.29) is 5.41 Å². The predicted molar refractivity (Wildman–Crippen MR) is 80.6 cm³/mol. The maximum atomic E-state index is 10.0. The third-order valence-corrected chi connectivity index (χ3v) is 3.05. The van der Waals surface area contributed by atoms with Gasteiger partial charge in [-0.25, -0.2) is 0 Å². The summed E-state index contributed by atoms with van der Waals surface area (Å²) in [7, 11) is 0. The van der Waals surface area contributed by atoms with E-state index in [0.29, 0.717) is 25.4 Å². The summed E-state index contributed by atoms with van der Waals surface area (Å²) in [5.41, 5.74) is 3.18. The van der Waals surface area contributed by atoms with Crippen LogP contribution < -0.4 is 0 Å². The van der Waals surface area contributed by atoms with Crippen LogP contribution in [0.5, 0.6) is 5.75 Å². The van der Waals surface area contributed by atoms with Crippen LogP contribution in [0, 0.1) is 0 Å². The summed E-state index contributed by atoms with van der Waals surface area (Å²) in [6, 6.07) is 3.74. The minimum Gasteiger partial charge on any atom is -0.508 e. The first kappa shape index (κ1) is 15.5. The molecule has 0 saturated heterocycles. The van der Waals surface area contributed by atoms with Crippen molar-refractivity contribution < 1.29 is 9.84 Å². The molecule has 0 aliphatic rings. The molecule has 0 spiro atoms. The highest BCUT2D eigenvalue weighted by molar-refractivity contribution is 5.47. The topological polar surface area (TPSA) is 29.5 Å². The van der Waals surface area contributed by atoms with Crippen molar-refractivity contribution >= 4 is 0 Å². The molecule has 0 fully saturated rings. The number of benzene rings is 1. The van der Waals surface area contributed by atoms with Gasteiger partial charge in [-0.05, 0) is 29.0 Å². The van der Waals surface area contributed by atoms with E-state index in [1.54, 1.807) is 18.2 Å². The van der Waals surface area contributed by atoms with E-state index in [2.05, 4.69) is 33.9 Å². The van der Waals surface area contributed by atoms with Crippen molar-refractivity contribution in [2.75, 3.05) is 6.61 Å². The number of hydrogen-bond acceptors (Lipinski definition) is 2. The zero-order valence-corrected chi connectivity index (χ0v) is 12.2. The Morgan fingerprint density at radius 1 is 1.16 bits per heavy atom. The lowest BCUT2D eigenvalue weighted by Crippen LogP contribution is -2.16. The van der Waals surface area contributed by atoms with Gasteiger partial charge in [0.15, 0.2) is 0 Å². The van der Waals surface area contributed by atoms with E-state index in [0.717, 1.165) is 11.1 Å². The largest absolute Gasteiger partial charge is 0.508 e. The smallest absolute Gasteiger partial charge is 0.119 e. The van der Waals surface area contributed by atoms with Crippen molar-refractivity contribution in [2.45, 2.75) is 39.2 Å². The van der Waals surface area contributed by atoms with Gasteiger partial charge in [0.05, 0.1) is 13.2 Å². The van der Waals surface area contributed by atoms with Gasteiger partial charge in [-0.15, -0.1) is 13.2 Å². The average molecular weight is 260 g/mol. The SMILES string of the molecule is C=CCOCc1c(C(C)(C)C)ccc(O)c1CC=C. The molecule has 1 aromatic rings. The Kier molecular flexibility index (Phi) is 5.37. The van der Waals surface area contributed by atoms with E-state index < -0.39 is 0 Å². The molecule has 1 N–H and O–H groups in total. The van der Waals surface area contributed by atoms with Gasteiger partial charge in [-0.1, -0.05) is 39.0 Å². The molecule has 0 saturated carbocycles. The summed E-state index contributed by atoms with van der Waals surface area (Å²) in [5, 5.41) is 10.0. The highest BCUT2D eigenvalue weighted by Crippen LogP contribution is 2.33. The summed E-state index contributed by atoms with van der Waals surface area (Å²) in [6.07, 6.45) is 4.17. The molecule has 0 atom stereocenters. The van der Waals surface area contributed by atoms with Crippen LogP contribution in [0.25, 0.3) is 0 Å². The second-order valence-corrected chi connectivity index (χ2v) is 5.64. The van der Waals surface area contributed by atoms with E-state index in [4.69, 9.17) is 4.74 Å². The lowest BCUT2D eigenvalue weighted by Gasteiger charge is -2.25. The molecule has 0 heterocycles. The van der Waals surface area contributed by atoms with Gasteiger partial charge in [0.1, 0.15) is 5.75 Å². The van der Waals surface area contributed by atoms with Crippen molar-refractivity contribution in [3.63, 3.8) is 0 Å². The summed E-state index contributed by atoms with van der Waals surface area (Å²) < 4.78 is 5.58. The number of aromatic hydroxyl groups is 1. The second-order valence-electron chi connectivity index (χ2n) is 5.64. The van der Waals surface area contributed by atoms with Crippen molar-refractivity contribution in [3.05, 3.63) is 54.1 Å². The monoisotopic (exact) mass is 260 g/mol. The molecular formula is C17H24O2. The zero-order chi connectivity index (χ0) is 14.5. The highest BCUT2D eigenvalue weighted by Gasteiger charge is 2.21. The van der Waals surface area contributed by atoms with Gasteiger partial charge in [0.25, 0.3) is 0 Å². The van der Waals surface area contributed by atoms with Crippen molar-refractivity contribution in [3.8, 4) is 5.75 Å². The van der Waals surface area contributed by atoms with Crippen LogP contribution in [0.3, 0.4) is 0 Å². The fraction of sp³-hybridized carbons (Fsp3) is 0.412. The Bertz CT molecular complexity index is 453. The van der Waals surface area contributed by atoms with E-state index in [1.807, 2.05) is 6.07 Å². The summed E-state index contributed by atoms with van der Waals surface area (Å²) in [4.78, 5) is 0. The summed E-state index contributed by atoms with van der Waals surface area (Å²) in [6.45, 7) is 14.9. The molecular weight excluding hydrogens is 236 g/mol. The number of phenols is 1. The standard InChI is InChI=1S/C17H24O2/c1-6-8-13-14(12-19-11-7-2)15(17(3,4)5)9-10-16(13)18/h6-7,9-10,18H,1-2,8,11-12H2,3-5H3. The molecule has 0 aromatic heterocycles. The number of phenolic OH excluding ortho intramolecular Hbond substituents is 1. The van der Waals surface area contributed by atoms with Gasteiger partial charge in [0.2, 0.25) is 0 Å². The number of rotatable bonds is 6. The summed E-state index contributed by atoms with van der Waals surface area (Å²) in [5.74, 6) is 0.310. The molecule has 0 radical (unpaired) electrons. The molecule has 0 unspecified atom stereocenters. The van der Waals surface area contributed by atoms with Crippen molar-refractivity contribution in [2.24, 2.45) is 0 Å². The van der Waals surface area contributed by atoms with Crippen LogP contribution in [0.1, 0.15) is 37.5 Å². The van der Waals surface area contributed by atoms with Gasteiger partial charge < -0.3 is 9.84 Å². The fourth-order valence-corrected chi connectivity index (χ4v) is 2.16. The van der Waals surface area contributed by atoms with Crippen molar-refractivity contribution in [1.29, 1.82) is 0 Å². The Balaban J connectivity index is 3.26. The first-order valence-electron chi connectivity index (χ1n) is 6.55. The maximum absolute atomic E-state index is 10.0. The fourth-order valence-electron chi connectivity index (χ4n) is 2.16. The van der Waals surface area contributed by atoms with E-state index >= 15 is 0 Å². The molecule has 0 aliphatic carbocycles. The third-order valence-electron chi connectivity index (χ3n) is 3.05. The summed E-state index contributed by atoms with van der Waals surface area (Å²) >= 11 is 0. The van der Waals surface area contributed by atoms with Crippen LogP contribution in [0.15, 0.2) is 37.4 Å². The maximum Gasteiger partial charge on any atom is 0.119 e. The molecule has 2 heteroatoms. The average Bonchev–Trinajstić information content (AvgIpc) is 2.32. The van der Waals surface area contributed by atoms with E-state index in [1.165, 1.54) is 5.56 Å². The third kappa shape index (κ3) is 3.97. The van der Waals surface area contributed by atoms with Crippen LogP contribution in [-0.2, 0) is 23.2 Å². The number of hydrogen-bond donors (Lipinski definition) is 1. The molecule has 104 valence electrons. The second kappa shape index (κ2) is 6.58. The molecule has 0 bridgehead atoms. The lowest BCUT2D eigenvalue weighted by molar-refractivity contribution is 0.146. The van der Waals surface area contributed by atoms with Crippen LogP contribution in [-0.4, -0.2) is 11.7 Å². The van der Waals surface area contributed by atoms with Gasteiger partial charge in [0, 0.05) is 5.56 Å². The molecule has 2 nitrogen and oxygen atoms in total. The Morgan fingerprint density at radius 3 is 2.37 bits per heavy atom. The van der Waals surface area contributed by atoms with Gasteiger partial charge >= 0.3 is 0 Å². The van der Waals surface area contributed by atoms with Gasteiger partial charge in [-0.2, -0.15) is 0 Å². The lowest BCUT2D eigenvalue weighted by atomic mass is 9.81. The van der Waals surface area contributed by atoms with Crippen molar-refractivity contribution in [1.82, 2.24) is 0 Å². The zero-order valence-electron chi connectivity index (χ0n) is 12.2. The van der Waals surface area contributed by atoms with Crippen LogP contribution >= 0.6 is 0 Å². The minimum absolute atomic E-state index is 0.0104. The number of ether oxygens (including phenoxy) is 1. The molecule has 1 aromatic carbocycles. The van der Waals surface area contributed by atoms with Crippen LogP contribution in [0.4, 0.5) is 0 Å². The Hall–Kier alpha value is -1.54. The predicted octanol–water partition coefficient (Wildman–Crippen LogP) is 4.12. The molecule has 0 amide bonds. The Morgan fingerprint density at radius 2 is 1.84 bits per heavy atom. The quantitative estimate of drug-likeness (QED) is 0.616. The minimum atomic E-state index is 0.0104. The van der Waals surface area contributed by atoms with E-state index in [9.17, 15) is 5.11 Å². The van der Waals surface area contributed by atoms with Crippen LogP contribution in [0.2, 0.25) is 0 Å². The normalized spacial score (nSPS) is 11.3. The first-order chi connectivity index (χ1) is 8.91.